The minimum atomic E-state index is 0.264. The molecule has 1 heterocycles. The van der Waals surface area contributed by atoms with Gasteiger partial charge in [0.05, 0.1) is 0 Å². The second kappa shape index (κ2) is 7.63. The van der Waals surface area contributed by atoms with Crippen molar-refractivity contribution in [3.8, 4) is 0 Å². The molecule has 22 heavy (non-hydrogen) atoms. The third-order valence-corrected chi connectivity index (χ3v) is 4.97. The minimum absolute atomic E-state index is 0.264. The number of carbonyl (C=O) groups is 1. The van der Waals surface area contributed by atoms with Crippen LogP contribution in [0.25, 0.3) is 0 Å². The molecule has 1 aliphatic rings. The van der Waals surface area contributed by atoms with Gasteiger partial charge in [0.1, 0.15) is 0 Å². The van der Waals surface area contributed by atoms with E-state index in [9.17, 15) is 4.79 Å². The molecule has 2 unspecified atom stereocenters. The zero-order chi connectivity index (χ0) is 16.3. The van der Waals surface area contributed by atoms with E-state index in [1.807, 2.05) is 4.90 Å². The van der Waals surface area contributed by atoms with Crippen LogP contribution in [0.15, 0.2) is 18.2 Å². The first-order valence-electron chi connectivity index (χ1n) is 8.50. The Hall–Kier alpha value is -0.830. The number of halogens is 1. The Labute approximate surface area is 143 Å². The maximum Gasteiger partial charge on any atom is 0.227 e. The SMILES string of the molecule is CCCC(=O)N1c2ccc(CC(Br)CC(C)C)cc2CC1C. The molecule has 0 aromatic heterocycles. The Morgan fingerprint density at radius 1 is 1.41 bits per heavy atom. The molecule has 0 bridgehead atoms. The monoisotopic (exact) mass is 365 g/mol. The molecule has 1 aromatic carbocycles. The van der Waals surface area contributed by atoms with Gasteiger partial charge in [-0.05, 0) is 55.7 Å². The number of hydrogen-bond acceptors (Lipinski definition) is 1. The highest BCUT2D eigenvalue weighted by Gasteiger charge is 2.30. The number of carbonyl (C=O) groups excluding carboxylic acids is 1. The van der Waals surface area contributed by atoms with Crippen molar-refractivity contribution in [1.29, 1.82) is 0 Å². The fourth-order valence-corrected chi connectivity index (χ4v) is 4.50. The van der Waals surface area contributed by atoms with Gasteiger partial charge in [0.2, 0.25) is 5.91 Å². The summed E-state index contributed by atoms with van der Waals surface area (Å²) in [6.45, 7) is 8.73. The van der Waals surface area contributed by atoms with Crippen LogP contribution < -0.4 is 4.90 Å². The summed E-state index contributed by atoms with van der Waals surface area (Å²) in [5.41, 5.74) is 3.83. The van der Waals surface area contributed by atoms with Gasteiger partial charge in [-0.15, -0.1) is 0 Å². The Morgan fingerprint density at radius 2 is 2.14 bits per heavy atom. The van der Waals surface area contributed by atoms with E-state index in [2.05, 4.69) is 61.8 Å². The molecular weight excluding hydrogens is 338 g/mol. The maximum atomic E-state index is 12.3. The highest BCUT2D eigenvalue weighted by Crippen LogP contribution is 2.34. The van der Waals surface area contributed by atoms with Gasteiger partial charge in [0, 0.05) is 23.0 Å². The van der Waals surface area contributed by atoms with Crippen LogP contribution in [-0.4, -0.2) is 16.8 Å². The Bertz CT molecular complexity index is 526. The molecule has 1 amide bonds. The number of nitrogens with zero attached hydrogens (tertiary/aromatic N) is 1. The quantitative estimate of drug-likeness (QED) is 0.640. The standard InChI is InChI=1S/C19H28BrNO/c1-5-6-19(22)21-14(4)10-16-11-15(7-8-18(16)21)12-17(20)9-13(2)3/h7-8,11,13-14,17H,5-6,9-10,12H2,1-4H3. The topological polar surface area (TPSA) is 20.3 Å². The van der Waals surface area contributed by atoms with Crippen molar-refractivity contribution < 1.29 is 4.79 Å². The van der Waals surface area contributed by atoms with E-state index in [1.54, 1.807) is 0 Å². The van der Waals surface area contributed by atoms with Crippen molar-refractivity contribution in [3.63, 3.8) is 0 Å². The predicted octanol–water partition coefficient (Wildman–Crippen LogP) is 5.12. The van der Waals surface area contributed by atoms with E-state index < -0.39 is 0 Å². The van der Waals surface area contributed by atoms with E-state index in [-0.39, 0.29) is 5.91 Å². The molecule has 3 heteroatoms. The summed E-state index contributed by atoms with van der Waals surface area (Å²) in [6.07, 6.45) is 4.78. The summed E-state index contributed by atoms with van der Waals surface area (Å²) < 4.78 is 0. The van der Waals surface area contributed by atoms with Gasteiger partial charge in [0.25, 0.3) is 0 Å². The third-order valence-electron chi connectivity index (χ3n) is 4.28. The van der Waals surface area contributed by atoms with Gasteiger partial charge in [-0.25, -0.2) is 0 Å². The van der Waals surface area contributed by atoms with Crippen LogP contribution >= 0.6 is 15.9 Å². The van der Waals surface area contributed by atoms with Crippen molar-refractivity contribution in [2.24, 2.45) is 5.92 Å². The molecule has 0 fully saturated rings. The third kappa shape index (κ3) is 4.13. The van der Waals surface area contributed by atoms with Gasteiger partial charge in [-0.3, -0.25) is 4.79 Å². The summed E-state index contributed by atoms with van der Waals surface area (Å²) in [4.78, 5) is 14.9. The Kier molecular flexibility index (Phi) is 6.08. The number of benzene rings is 1. The minimum Gasteiger partial charge on any atom is -0.309 e. The lowest BCUT2D eigenvalue weighted by Crippen LogP contribution is -2.35. The van der Waals surface area contributed by atoms with E-state index >= 15 is 0 Å². The van der Waals surface area contributed by atoms with E-state index in [0.29, 0.717) is 23.2 Å². The van der Waals surface area contributed by atoms with Crippen molar-refractivity contribution in [1.82, 2.24) is 0 Å². The van der Waals surface area contributed by atoms with E-state index in [0.717, 1.165) is 24.9 Å². The largest absolute Gasteiger partial charge is 0.309 e. The lowest BCUT2D eigenvalue weighted by molar-refractivity contribution is -0.118. The molecular formula is C19H28BrNO. The zero-order valence-corrected chi connectivity index (χ0v) is 15.8. The van der Waals surface area contributed by atoms with Crippen LogP contribution in [0.1, 0.15) is 58.1 Å². The summed E-state index contributed by atoms with van der Waals surface area (Å²) in [7, 11) is 0. The fourth-order valence-electron chi connectivity index (χ4n) is 3.38. The molecule has 0 spiro atoms. The van der Waals surface area contributed by atoms with E-state index in [1.165, 1.54) is 17.5 Å². The lowest BCUT2D eigenvalue weighted by atomic mass is 10.00. The molecule has 2 nitrogen and oxygen atoms in total. The van der Waals surface area contributed by atoms with Crippen LogP contribution in [-0.2, 0) is 17.6 Å². The highest BCUT2D eigenvalue weighted by atomic mass is 79.9. The van der Waals surface area contributed by atoms with Crippen molar-refractivity contribution >= 4 is 27.5 Å². The van der Waals surface area contributed by atoms with E-state index in [4.69, 9.17) is 0 Å². The molecule has 0 saturated carbocycles. The highest BCUT2D eigenvalue weighted by molar-refractivity contribution is 9.09. The molecule has 2 rings (SSSR count). The molecule has 0 saturated heterocycles. The predicted molar refractivity (Wildman–Crippen MR) is 97.9 cm³/mol. The smallest absolute Gasteiger partial charge is 0.227 e. The fraction of sp³-hybridized carbons (Fsp3) is 0.632. The van der Waals surface area contributed by atoms with Crippen LogP contribution in [0, 0.1) is 5.92 Å². The summed E-state index contributed by atoms with van der Waals surface area (Å²) in [5.74, 6) is 0.973. The molecule has 0 N–H and O–H groups in total. The van der Waals surface area contributed by atoms with Crippen LogP contribution in [0.4, 0.5) is 5.69 Å². The second-order valence-corrected chi connectivity index (χ2v) is 8.26. The molecule has 1 aromatic rings. The summed E-state index contributed by atoms with van der Waals surface area (Å²) in [5, 5.41) is 0. The number of hydrogen-bond donors (Lipinski definition) is 0. The normalized spacial score (nSPS) is 18.6. The average molecular weight is 366 g/mol. The Balaban J connectivity index is 2.13. The van der Waals surface area contributed by atoms with Crippen LogP contribution in [0.5, 0.6) is 0 Å². The first kappa shape index (κ1) is 17.5. The average Bonchev–Trinajstić information content (AvgIpc) is 2.73. The molecule has 0 radical (unpaired) electrons. The van der Waals surface area contributed by atoms with Gasteiger partial charge in [-0.1, -0.05) is 48.8 Å². The van der Waals surface area contributed by atoms with Gasteiger partial charge in [-0.2, -0.15) is 0 Å². The second-order valence-electron chi connectivity index (χ2n) is 6.96. The number of anilines is 1. The van der Waals surface area contributed by atoms with Crippen molar-refractivity contribution in [2.45, 2.75) is 70.7 Å². The van der Waals surface area contributed by atoms with Gasteiger partial charge >= 0.3 is 0 Å². The summed E-state index contributed by atoms with van der Waals surface area (Å²) in [6, 6.07) is 6.94. The van der Waals surface area contributed by atoms with Gasteiger partial charge < -0.3 is 4.90 Å². The lowest BCUT2D eigenvalue weighted by Gasteiger charge is -2.22. The molecule has 1 aliphatic heterocycles. The molecule has 2 atom stereocenters. The Morgan fingerprint density at radius 3 is 2.77 bits per heavy atom. The number of alkyl halides is 1. The van der Waals surface area contributed by atoms with Gasteiger partial charge in [0.15, 0.2) is 0 Å². The maximum absolute atomic E-state index is 12.3. The number of amides is 1. The van der Waals surface area contributed by atoms with Crippen molar-refractivity contribution in [2.75, 3.05) is 4.90 Å². The number of fused-ring (bicyclic) bond motifs is 1. The van der Waals surface area contributed by atoms with Crippen LogP contribution in [0.3, 0.4) is 0 Å². The molecule has 0 aliphatic carbocycles. The van der Waals surface area contributed by atoms with Crippen LogP contribution in [0.2, 0.25) is 0 Å². The van der Waals surface area contributed by atoms with Crippen molar-refractivity contribution in [3.05, 3.63) is 29.3 Å². The first-order chi connectivity index (χ1) is 10.4. The summed E-state index contributed by atoms with van der Waals surface area (Å²) >= 11 is 3.80. The zero-order valence-electron chi connectivity index (χ0n) is 14.2. The molecule has 122 valence electrons. The number of rotatable bonds is 6. The first-order valence-corrected chi connectivity index (χ1v) is 9.41.